The van der Waals surface area contributed by atoms with Gasteiger partial charge in [-0.25, -0.2) is 14.1 Å². The summed E-state index contributed by atoms with van der Waals surface area (Å²) in [6.45, 7) is 4.23. The fourth-order valence-electron chi connectivity index (χ4n) is 4.53. The third-order valence-electron chi connectivity index (χ3n) is 6.15. The van der Waals surface area contributed by atoms with E-state index in [4.69, 9.17) is 22.1 Å². The predicted molar refractivity (Wildman–Crippen MR) is 133 cm³/mol. The quantitative estimate of drug-likeness (QED) is 0.384. The number of benzene rings is 1. The minimum absolute atomic E-state index is 0.0808. The molecule has 0 spiro atoms. The van der Waals surface area contributed by atoms with Crippen molar-refractivity contribution >= 4 is 40.3 Å². The molecule has 0 radical (unpaired) electrons. The van der Waals surface area contributed by atoms with Crippen LogP contribution in [0.4, 0.5) is 10.2 Å². The smallest absolute Gasteiger partial charge is 0.255 e. The van der Waals surface area contributed by atoms with Gasteiger partial charge in [0.25, 0.3) is 5.91 Å². The second-order valence-corrected chi connectivity index (χ2v) is 8.73. The number of nitrogens with one attached hydrogen (secondary N) is 1. The summed E-state index contributed by atoms with van der Waals surface area (Å²) < 4.78 is 23.2. The number of likely N-dealkylation sites (tertiary alicyclic amines) is 1. The summed E-state index contributed by atoms with van der Waals surface area (Å²) in [5.41, 5.74) is 6.70. The average molecular weight is 514 g/mol. The number of hydrogen-bond donors (Lipinski definition) is 2. The van der Waals surface area contributed by atoms with Crippen LogP contribution >= 0.6 is 11.6 Å². The van der Waals surface area contributed by atoms with E-state index in [-0.39, 0.29) is 45.4 Å². The Bertz CT molecular complexity index is 1440. The van der Waals surface area contributed by atoms with Crippen LogP contribution in [0.2, 0.25) is 5.02 Å². The van der Waals surface area contributed by atoms with E-state index < -0.39 is 11.7 Å². The fraction of sp³-hybridized carbons (Fsp3) is 0.333. The van der Waals surface area contributed by atoms with Crippen molar-refractivity contribution in [3.05, 3.63) is 52.7 Å². The maximum Gasteiger partial charge on any atom is 0.255 e. The van der Waals surface area contributed by atoms with Crippen molar-refractivity contribution in [2.24, 2.45) is 12.8 Å². The van der Waals surface area contributed by atoms with E-state index in [2.05, 4.69) is 33.8 Å². The van der Waals surface area contributed by atoms with Crippen LogP contribution in [0.3, 0.4) is 0 Å². The van der Waals surface area contributed by atoms with Gasteiger partial charge in [0.05, 0.1) is 35.6 Å². The highest BCUT2D eigenvalue weighted by Crippen LogP contribution is 2.33. The molecule has 1 fully saturated rings. The van der Waals surface area contributed by atoms with Crippen molar-refractivity contribution in [1.82, 2.24) is 24.2 Å². The first-order valence-electron chi connectivity index (χ1n) is 11.0. The number of aryl methyl sites for hydroxylation is 1. The monoisotopic (exact) mass is 513 g/mol. The molecule has 36 heavy (non-hydrogen) atoms. The van der Waals surface area contributed by atoms with Gasteiger partial charge in [0, 0.05) is 33.3 Å². The van der Waals surface area contributed by atoms with Gasteiger partial charge in [-0.15, -0.1) is 0 Å². The van der Waals surface area contributed by atoms with E-state index in [9.17, 15) is 14.0 Å². The summed E-state index contributed by atoms with van der Waals surface area (Å²) in [7, 11) is 4.85. The van der Waals surface area contributed by atoms with Gasteiger partial charge in [-0.1, -0.05) is 24.1 Å². The molecule has 0 saturated carbocycles. The van der Waals surface area contributed by atoms with Crippen LogP contribution in [-0.4, -0.2) is 69.4 Å². The van der Waals surface area contributed by atoms with Crippen molar-refractivity contribution in [1.29, 1.82) is 0 Å². The first-order chi connectivity index (χ1) is 17.2. The number of primary amides is 1. The van der Waals surface area contributed by atoms with Crippen LogP contribution in [0, 0.1) is 17.7 Å². The summed E-state index contributed by atoms with van der Waals surface area (Å²) in [5.74, 6) is 4.38. The molecule has 1 aromatic carbocycles. The Kier molecular flexibility index (Phi) is 7.01. The number of rotatable bonds is 6. The molecule has 1 saturated heterocycles. The van der Waals surface area contributed by atoms with Gasteiger partial charge in [0.15, 0.2) is 11.5 Å². The zero-order valence-electron chi connectivity index (χ0n) is 20.0. The molecule has 2 aromatic heterocycles. The molecule has 4 rings (SSSR count). The number of halogens is 2. The molecule has 0 bridgehead atoms. The molecule has 3 N–H and O–H groups in total. The number of methoxy groups -OCH3 is 1. The summed E-state index contributed by atoms with van der Waals surface area (Å²) in [6, 6.07) is 1.09. The summed E-state index contributed by atoms with van der Waals surface area (Å²) in [6.07, 6.45) is 3.26. The second kappa shape index (κ2) is 10.0. The molecular weight excluding hydrogens is 489 g/mol. The Morgan fingerprint density at radius 1 is 1.44 bits per heavy atom. The molecule has 3 heterocycles. The zero-order valence-corrected chi connectivity index (χ0v) is 20.8. The standard InChI is InChI=1S/C24H25ClFN7O3/c1-5-18(34)32-10-14(9-15(32)11-36-4)33-24(28-2)19(23(27)35)16(30-33)7-6-13-8-17-22(21(26)20(13)25)31(3)12-29-17/h5,8,12,14-15,28H,1,9-11H2,2-4H3,(H2,27,35)/t14-,15+/m0/s1. The fourth-order valence-corrected chi connectivity index (χ4v) is 4.72. The van der Waals surface area contributed by atoms with Crippen LogP contribution < -0.4 is 11.1 Å². The molecule has 10 nitrogen and oxygen atoms in total. The maximum absolute atomic E-state index is 14.8. The average Bonchev–Trinajstić information content (AvgIpc) is 3.55. The molecule has 3 aromatic rings. The molecule has 188 valence electrons. The third kappa shape index (κ3) is 4.29. The number of aromatic nitrogens is 4. The lowest BCUT2D eigenvalue weighted by atomic mass is 10.1. The molecule has 0 unspecified atom stereocenters. The van der Waals surface area contributed by atoms with Gasteiger partial charge < -0.3 is 25.3 Å². The second-order valence-electron chi connectivity index (χ2n) is 8.35. The highest BCUT2D eigenvalue weighted by molar-refractivity contribution is 6.32. The number of nitrogens with zero attached hydrogens (tertiary/aromatic N) is 5. The number of imidazole rings is 1. The molecule has 1 aliphatic heterocycles. The van der Waals surface area contributed by atoms with E-state index in [1.807, 2.05) is 0 Å². The highest BCUT2D eigenvalue weighted by Gasteiger charge is 2.37. The molecular formula is C24H25ClFN7O3. The van der Waals surface area contributed by atoms with E-state index in [1.54, 1.807) is 36.9 Å². The predicted octanol–water partition coefficient (Wildman–Crippen LogP) is 2.08. The lowest BCUT2D eigenvalue weighted by Crippen LogP contribution is -2.37. The topological polar surface area (TPSA) is 120 Å². The Labute approximate surface area is 211 Å². The Hall–Kier alpha value is -3.88. The molecule has 1 aliphatic rings. The van der Waals surface area contributed by atoms with Gasteiger partial charge >= 0.3 is 0 Å². The first kappa shape index (κ1) is 25.2. The molecule has 12 heteroatoms. The van der Waals surface area contributed by atoms with E-state index in [1.165, 1.54) is 17.0 Å². The molecule has 2 atom stereocenters. The Morgan fingerprint density at radius 3 is 2.83 bits per heavy atom. The zero-order chi connectivity index (χ0) is 26.1. The maximum atomic E-state index is 14.8. The van der Waals surface area contributed by atoms with Gasteiger partial charge in [-0.3, -0.25) is 9.59 Å². The Morgan fingerprint density at radius 2 is 2.19 bits per heavy atom. The number of fused-ring (bicyclic) bond motifs is 1. The number of carbonyl (C=O) groups is 2. The summed E-state index contributed by atoms with van der Waals surface area (Å²) >= 11 is 6.24. The molecule has 0 aliphatic carbocycles. The van der Waals surface area contributed by atoms with Crippen molar-refractivity contribution in [3.63, 3.8) is 0 Å². The lowest BCUT2D eigenvalue weighted by Gasteiger charge is -2.22. The van der Waals surface area contributed by atoms with Crippen molar-refractivity contribution in [2.45, 2.75) is 18.5 Å². The highest BCUT2D eigenvalue weighted by atomic mass is 35.5. The number of ether oxygens (including phenoxy) is 1. The van der Waals surface area contributed by atoms with Crippen molar-refractivity contribution in [3.8, 4) is 11.8 Å². The molecule has 2 amide bonds. The van der Waals surface area contributed by atoms with E-state index in [0.29, 0.717) is 30.9 Å². The Balaban J connectivity index is 1.78. The van der Waals surface area contributed by atoms with Gasteiger partial charge in [0.1, 0.15) is 16.9 Å². The summed E-state index contributed by atoms with van der Waals surface area (Å²) in [5, 5.41) is 7.36. The number of nitrogens with two attached hydrogens (primary N) is 1. The number of hydrogen-bond acceptors (Lipinski definition) is 6. The number of anilines is 1. The van der Waals surface area contributed by atoms with Crippen LogP contribution in [0.25, 0.3) is 11.0 Å². The van der Waals surface area contributed by atoms with Crippen LogP contribution in [0.15, 0.2) is 25.0 Å². The van der Waals surface area contributed by atoms with E-state index in [0.717, 1.165) is 0 Å². The first-order valence-corrected chi connectivity index (χ1v) is 11.4. The number of carbonyl (C=O) groups excluding carboxylic acids is 2. The minimum atomic E-state index is -0.738. The van der Waals surface area contributed by atoms with Gasteiger partial charge in [-0.2, -0.15) is 5.10 Å². The van der Waals surface area contributed by atoms with Crippen molar-refractivity contribution in [2.75, 3.05) is 32.6 Å². The normalized spacial score (nSPS) is 17.2. The SMILES string of the molecule is C=CC(=O)N1C[C@@H](n2nc(C#Cc3cc4ncn(C)c4c(F)c3Cl)c(C(N)=O)c2NC)C[C@@H]1COC. The number of amides is 2. The lowest BCUT2D eigenvalue weighted by molar-refractivity contribution is -0.127. The van der Waals surface area contributed by atoms with Gasteiger partial charge in [0.2, 0.25) is 5.91 Å². The van der Waals surface area contributed by atoms with E-state index >= 15 is 0 Å². The van der Waals surface area contributed by atoms with Crippen LogP contribution in [-0.2, 0) is 16.6 Å². The van der Waals surface area contributed by atoms with Crippen molar-refractivity contribution < 1.29 is 18.7 Å². The minimum Gasteiger partial charge on any atom is -0.383 e. The van der Waals surface area contributed by atoms with Crippen LogP contribution in [0.1, 0.15) is 34.1 Å². The van der Waals surface area contributed by atoms with Gasteiger partial charge in [-0.05, 0) is 24.5 Å². The van der Waals surface area contributed by atoms with Crippen LogP contribution in [0.5, 0.6) is 0 Å². The third-order valence-corrected chi connectivity index (χ3v) is 6.52. The summed E-state index contributed by atoms with van der Waals surface area (Å²) in [4.78, 5) is 30.6. The largest absolute Gasteiger partial charge is 0.383 e.